The Kier molecular flexibility index (Phi) is 2.59. The van der Waals surface area contributed by atoms with Crippen LogP contribution >= 0.6 is 0 Å². The van der Waals surface area contributed by atoms with Crippen LogP contribution in [0.4, 0.5) is 5.82 Å². The van der Waals surface area contributed by atoms with Gasteiger partial charge in [0, 0.05) is 18.8 Å². The minimum atomic E-state index is 0.658. The van der Waals surface area contributed by atoms with Crippen molar-refractivity contribution in [1.29, 1.82) is 0 Å². The van der Waals surface area contributed by atoms with E-state index in [4.69, 9.17) is 5.73 Å². The van der Waals surface area contributed by atoms with Crippen molar-refractivity contribution >= 4 is 5.82 Å². The summed E-state index contributed by atoms with van der Waals surface area (Å²) in [6, 6.07) is 9.95. The normalized spacial score (nSPS) is 10.8. The average molecular weight is 253 g/mol. The minimum Gasteiger partial charge on any atom is -0.383 e. The van der Waals surface area contributed by atoms with Crippen LogP contribution in [0.1, 0.15) is 5.82 Å². The standard InChI is InChI=1S/C14H15N5/c1-10-17-13(14(15)18(10)2)11-8-16-19(9-11)12-6-4-3-5-7-12/h3-9H,15H2,1-2H3. The summed E-state index contributed by atoms with van der Waals surface area (Å²) < 4.78 is 3.69. The number of hydrogen-bond acceptors (Lipinski definition) is 3. The highest BCUT2D eigenvalue weighted by atomic mass is 15.3. The van der Waals surface area contributed by atoms with E-state index < -0.39 is 0 Å². The van der Waals surface area contributed by atoms with Gasteiger partial charge in [-0.15, -0.1) is 0 Å². The van der Waals surface area contributed by atoms with Gasteiger partial charge in [0.05, 0.1) is 11.9 Å². The first-order chi connectivity index (χ1) is 9.16. The monoisotopic (exact) mass is 253 g/mol. The van der Waals surface area contributed by atoms with Gasteiger partial charge in [0.2, 0.25) is 0 Å². The molecule has 2 aromatic heterocycles. The Labute approximate surface area is 111 Å². The SMILES string of the molecule is Cc1nc(-c2cnn(-c3ccccc3)c2)c(N)n1C. The molecule has 3 aromatic rings. The molecular weight excluding hydrogens is 238 g/mol. The molecule has 0 amide bonds. The molecule has 0 aliphatic heterocycles. The number of anilines is 1. The number of rotatable bonds is 2. The summed E-state index contributed by atoms with van der Waals surface area (Å²) >= 11 is 0. The van der Waals surface area contributed by atoms with Crippen molar-refractivity contribution in [3.05, 3.63) is 48.5 Å². The molecule has 0 saturated carbocycles. The molecule has 96 valence electrons. The minimum absolute atomic E-state index is 0.658. The summed E-state index contributed by atoms with van der Waals surface area (Å²) in [4.78, 5) is 4.47. The van der Waals surface area contributed by atoms with E-state index in [0.717, 1.165) is 22.8 Å². The molecule has 0 spiro atoms. The predicted octanol–water partition coefficient (Wildman–Crippen LogP) is 2.16. The highest BCUT2D eigenvalue weighted by molar-refractivity contribution is 5.70. The molecule has 3 rings (SSSR count). The predicted molar refractivity (Wildman–Crippen MR) is 74.9 cm³/mol. The van der Waals surface area contributed by atoms with Crippen molar-refractivity contribution < 1.29 is 0 Å². The Bertz CT molecular complexity index is 709. The number of benzene rings is 1. The summed E-state index contributed by atoms with van der Waals surface area (Å²) in [7, 11) is 1.91. The van der Waals surface area contributed by atoms with E-state index in [1.54, 1.807) is 6.20 Å². The fraction of sp³-hybridized carbons (Fsp3) is 0.143. The van der Waals surface area contributed by atoms with Crippen LogP contribution in [0.15, 0.2) is 42.7 Å². The maximum absolute atomic E-state index is 6.05. The maximum Gasteiger partial charge on any atom is 0.131 e. The first kappa shape index (κ1) is 11.5. The number of nitrogens with zero attached hydrogens (tertiary/aromatic N) is 4. The summed E-state index contributed by atoms with van der Waals surface area (Å²) in [5.74, 6) is 1.55. The van der Waals surface area contributed by atoms with Crippen LogP contribution in [0.5, 0.6) is 0 Å². The second kappa shape index (κ2) is 4.28. The lowest BCUT2D eigenvalue weighted by atomic mass is 10.2. The Morgan fingerprint density at radius 1 is 1.16 bits per heavy atom. The van der Waals surface area contributed by atoms with Crippen LogP contribution in [-0.4, -0.2) is 19.3 Å². The zero-order chi connectivity index (χ0) is 13.4. The molecule has 5 nitrogen and oxygen atoms in total. The molecule has 19 heavy (non-hydrogen) atoms. The highest BCUT2D eigenvalue weighted by Gasteiger charge is 2.13. The van der Waals surface area contributed by atoms with Crippen LogP contribution in [-0.2, 0) is 7.05 Å². The van der Waals surface area contributed by atoms with Crippen molar-refractivity contribution in [1.82, 2.24) is 19.3 Å². The van der Waals surface area contributed by atoms with E-state index in [-0.39, 0.29) is 0 Å². The Morgan fingerprint density at radius 2 is 1.89 bits per heavy atom. The highest BCUT2D eigenvalue weighted by Crippen LogP contribution is 2.25. The van der Waals surface area contributed by atoms with E-state index in [0.29, 0.717) is 5.82 Å². The molecule has 0 aliphatic carbocycles. The molecule has 0 fully saturated rings. The van der Waals surface area contributed by atoms with Crippen molar-refractivity contribution in [2.75, 3.05) is 5.73 Å². The van der Waals surface area contributed by atoms with Gasteiger partial charge in [-0.25, -0.2) is 9.67 Å². The summed E-state index contributed by atoms with van der Waals surface area (Å²) in [5.41, 5.74) is 8.76. The number of nitrogens with two attached hydrogens (primary N) is 1. The van der Waals surface area contributed by atoms with Crippen LogP contribution in [0.2, 0.25) is 0 Å². The molecule has 0 saturated heterocycles. The molecule has 2 heterocycles. The van der Waals surface area contributed by atoms with Gasteiger partial charge in [0.25, 0.3) is 0 Å². The zero-order valence-corrected chi connectivity index (χ0v) is 10.9. The molecule has 0 aliphatic rings. The third-order valence-electron chi connectivity index (χ3n) is 3.24. The molecule has 0 bridgehead atoms. The lowest BCUT2D eigenvalue weighted by molar-refractivity contribution is 0.868. The van der Waals surface area contributed by atoms with Crippen molar-refractivity contribution in [2.45, 2.75) is 6.92 Å². The number of aryl methyl sites for hydroxylation is 1. The maximum atomic E-state index is 6.05. The average Bonchev–Trinajstić information content (AvgIpc) is 3.01. The third-order valence-corrected chi connectivity index (χ3v) is 3.24. The zero-order valence-electron chi connectivity index (χ0n) is 10.9. The first-order valence-corrected chi connectivity index (χ1v) is 6.06. The van der Waals surface area contributed by atoms with E-state index in [9.17, 15) is 0 Å². The second-order valence-corrected chi connectivity index (χ2v) is 4.46. The van der Waals surface area contributed by atoms with E-state index in [2.05, 4.69) is 10.1 Å². The summed E-state index contributed by atoms with van der Waals surface area (Å²) in [6.45, 7) is 1.93. The quantitative estimate of drug-likeness (QED) is 0.761. The van der Waals surface area contributed by atoms with Gasteiger partial charge in [-0.05, 0) is 19.1 Å². The van der Waals surface area contributed by atoms with Gasteiger partial charge in [-0.3, -0.25) is 0 Å². The molecular formula is C14H15N5. The van der Waals surface area contributed by atoms with E-state index in [1.165, 1.54) is 0 Å². The van der Waals surface area contributed by atoms with Crippen molar-refractivity contribution in [3.63, 3.8) is 0 Å². The first-order valence-electron chi connectivity index (χ1n) is 6.06. The third kappa shape index (κ3) is 1.89. The molecule has 2 N–H and O–H groups in total. The number of hydrogen-bond donors (Lipinski definition) is 1. The van der Waals surface area contributed by atoms with E-state index >= 15 is 0 Å². The van der Waals surface area contributed by atoms with Gasteiger partial charge in [-0.2, -0.15) is 5.10 Å². The Hall–Kier alpha value is -2.56. The fourth-order valence-electron chi connectivity index (χ4n) is 2.01. The van der Waals surface area contributed by atoms with Crippen LogP contribution in [0.3, 0.4) is 0 Å². The molecule has 5 heteroatoms. The molecule has 0 atom stereocenters. The van der Waals surface area contributed by atoms with E-state index in [1.807, 2.05) is 59.7 Å². The van der Waals surface area contributed by atoms with Gasteiger partial charge >= 0.3 is 0 Å². The van der Waals surface area contributed by atoms with Crippen molar-refractivity contribution in [2.24, 2.45) is 7.05 Å². The van der Waals surface area contributed by atoms with Crippen molar-refractivity contribution in [3.8, 4) is 16.9 Å². The molecule has 1 aromatic carbocycles. The summed E-state index contributed by atoms with van der Waals surface area (Å²) in [5, 5.41) is 4.35. The summed E-state index contributed by atoms with van der Waals surface area (Å²) in [6.07, 6.45) is 3.72. The Morgan fingerprint density at radius 3 is 2.53 bits per heavy atom. The number of imidazole rings is 1. The van der Waals surface area contributed by atoms with Gasteiger partial charge in [0.1, 0.15) is 17.3 Å². The number of para-hydroxylation sites is 1. The Balaban J connectivity index is 2.04. The van der Waals surface area contributed by atoms with Gasteiger partial charge < -0.3 is 10.3 Å². The second-order valence-electron chi connectivity index (χ2n) is 4.46. The number of aromatic nitrogens is 4. The van der Waals surface area contributed by atoms with Crippen LogP contribution < -0.4 is 5.73 Å². The van der Waals surface area contributed by atoms with Crippen LogP contribution in [0.25, 0.3) is 16.9 Å². The van der Waals surface area contributed by atoms with Gasteiger partial charge in [0.15, 0.2) is 0 Å². The number of nitrogen functional groups attached to an aromatic ring is 1. The molecule has 0 unspecified atom stereocenters. The van der Waals surface area contributed by atoms with Crippen LogP contribution in [0, 0.1) is 6.92 Å². The molecule has 0 radical (unpaired) electrons. The topological polar surface area (TPSA) is 61.7 Å². The largest absolute Gasteiger partial charge is 0.383 e. The fourth-order valence-corrected chi connectivity index (χ4v) is 2.01. The lowest BCUT2D eigenvalue weighted by Gasteiger charge is -1.99. The lowest BCUT2D eigenvalue weighted by Crippen LogP contribution is -1.98. The van der Waals surface area contributed by atoms with Gasteiger partial charge in [-0.1, -0.05) is 18.2 Å². The smallest absolute Gasteiger partial charge is 0.131 e.